The predicted octanol–water partition coefficient (Wildman–Crippen LogP) is 3.10. The second-order valence-electron chi connectivity index (χ2n) is 3.81. The molecule has 2 N–H and O–H groups in total. The van der Waals surface area contributed by atoms with Gasteiger partial charge in [-0.2, -0.15) is 5.26 Å². The zero-order valence-electron chi connectivity index (χ0n) is 9.98. The van der Waals surface area contributed by atoms with E-state index in [1.54, 1.807) is 0 Å². The minimum Gasteiger partial charge on any atom is -0.406 e. The van der Waals surface area contributed by atoms with Crippen molar-refractivity contribution in [3.63, 3.8) is 0 Å². The van der Waals surface area contributed by atoms with Crippen molar-refractivity contribution in [1.82, 2.24) is 4.98 Å². The topological polar surface area (TPSA) is 71.9 Å². The van der Waals surface area contributed by atoms with E-state index in [4.69, 9.17) is 11.0 Å². The van der Waals surface area contributed by atoms with Crippen molar-refractivity contribution in [3.05, 3.63) is 42.1 Å². The van der Waals surface area contributed by atoms with Crippen LogP contribution in [0.1, 0.15) is 5.56 Å². The number of rotatable bonds is 2. The number of nitrogens with zero attached hydrogens (tertiary/aromatic N) is 2. The zero-order valence-corrected chi connectivity index (χ0v) is 9.98. The molecule has 4 nitrogen and oxygen atoms in total. The Balaban J connectivity index is 2.44. The van der Waals surface area contributed by atoms with Gasteiger partial charge in [-0.25, -0.2) is 0 Å². The summed E-state index contributed by atoms with van der Waals surface area (Å²) < 4.78 is 40.3. The lowest BCUT2D eigenvalue weighted by molar-refractivity contribution is -0.274. The number of hydrogen-bond donors (Lipinski definition) is 1. The number of halogens is 3. The van der Waals surface area contributed by atoms with Crippen LogP contribution in [-0.4, -0.2) is 11.3 Å². The molecule has 102 valence electrons. The van der Waals surface area contributed by atoms with Crippen molar-refractivity contribution in [3.8, 4) is 23.1 Å². The Hall–Kier alpha value is -2.75. The number of benzene rings is 1. The summed E-state index contributed by atoms with van der Waals surface area (Å²) in [5, 5.41) is 8.87. The van der Waals surface area contributed by atoms with Crippen LogP contribution in [0.25, 0.3) is 11.3 Å². The van der Waals surface area contributed by atoms with Gasteiger partial charge in [-0.1, -0.05) is 12.1 Å². The highest BCUT2D eigenvalue weighted by molar-refractivity contribution is 5.77. The second kappa shape index (κ2) is 5.09. The largest absolute Gasteiger partial charge is 0.573 e. The van der Waals surface area contributed by atoms with E-state index in [1.165, 1.54) is 30.5 Å². The third-order valence-corrected chi connectivity index (χ3v) is 2.45. The first-order valence-corrected chi connectivity index (χ1v) is 5.41. The van der Waals surface area contributed by atoms with Gasteiger partial charge in [-0.15, -0.1) is 13.2 Å². The zero-order chi connectivity index (χ0) is 14.8. The van der Waals surface area contributed by atoms with Crippen LogP contribution in [0.15, 0.2) is 36.5 Å². The molecule has 1 heterocycles. The smallest absolute Gasteiger partial charge is 0.406 e. The number of hydrogen-bond acceptors (Lipinski definition) is 4. The van der Waals surface area contributed by atoms with Gasteiger partial charge >= 0.3 is 6.36 Å². The highest BCUT2D eigenvalue weighted by atomic mass is 19.4. The number of pyridine rings is 1. The van der Waals surface area contributed by atoms with Gasteiger partial charge in [0.15, 0.2) is 0 Å². The maximum Gasteiger partial charge on any atom is 0.573 e. The fraction of sp³-hybridized carbons (Fsp3) is 0.0769. The monoisotopic (exact) mass is 279 g/mol. The number of nitriles is 1. The van der Waals surface area contributed by atoms with Gasteiger partial charge < -0.3 is 10.5 Å². The average Bonchev–Trinajstić information content (AvgIpc) is 2.37. The molecule has 0 saturated carbocycles. The number of alkyl halides is 3. The minimum absolute atomic E-state index is 0.110. The summed E-state index contributed by atoms with van der Waals surface area (Å²) in [7, 11) is 0. The molecule has 0 saturated heterocycles. The standard InChI is InChI=1S/C13H8F3N3O/c14-13(15,16)20-10-3-1-2-8(6-10)12-11(18)9(7-17)4-5-19-12/h1-6H,18H2. The summed E-state index contributed by atoms with van der Waals surface area (Å²) in [5.74, 6) is -0.376. The van der Waals surface area contributed by atoms with Crippen molar-refractivity contribution in [1.29, 1.82) is 5.26 Å². The Morgan fingerprint density at radius 1 is 1.25 bits per heavy atom. The molecular weight excluding hydrogens is 271 g/mol. The highest BCUT2D eigenvalue weighted by Crippen LogP contribution is 2.30. The number of ether oxygens (including phenoxy) is 1. The van der Waals surface area contributed by atoms with Crippen molar-refractivity contribution in [2.45, 2.75) is 6.36 Å². The third kappa shape index (κ3) is 2.98. The molecule has 1 aromatic carbocycles. The van der Waals surface area contributed by atoms with Crippen LogP contribution in [0.4, 0.5) is 18.9 Å². The van der Waals surface area contributed by atoms with Crippen molar-refractivity contribution in [2.75, 3.05) is 5.73 Å². The summed E-state index contributed by atoms with van der Waals surface area (Å²) >= 11 is 0. The van der Waals surface area contributed by atoms with Gasteiger partial charge in [-0.05, 0) is 18.2 Å². The Labute approximate surface area is 112 Å². The van der Waals surface area contributed by atoms with E-state index in [1.807, 2.05) is 6.07 Å². The normalized spacial score (nSPS) is 10.9. The lowest BCUT2D eigenvalue weighted by atomic mass is 10.1. The van der Waals surface area contributed by atoms with Crippen LogP contribution < -0.4 is 10.5 Å². The molecule has 0 fully saturated rings. The van der Waals surface area contributed by atoms with Gasteiger partial charge in [0.2, 0.25) is 0 Å². The molecule has 0 bridgehead atoms. The third-order valence-electron chi connectivity index (χ3n) is 2.45. The molecule has 0 unspecified atom stereocenters. The van der Waals surface area contributed by atoms with E-state index in [0.717, 1.165) is 6.07 Å². The lowest BCUT2D eigenvalue weighted by Crippen LogP contribution is -2.17. The molecule has 0 amide bonds. The fourth-order valence-corrected chi connectivity index (χ4v) is 1.64. The molecule has 2 rings (SSSR count). The van der Waals surface area contributed by atoms with Crippen molar-refractivity contribution >= 4 is 5.69 Å². The van der Waals surface area contributed by atoms with E-state index in [2.05, 4.69) is 9.72 Å². The van der Waals surface area contributed by atoms with Gasteiger partial charge in [0.25, 0.3) is 0 Å². The van der Waals surface area contributed by atoms with Crippen LogP contribution in [0, 0.1) is 11.3 Å². The lowest BCUT2D eigenvalue weighted by Gasteiger charge is -2.11. The number of nitrogen functional groups attached to an aromatic ring is 1. The predicted molar refractivity (Wildman–Crippen MR) is 65.5 cm³/mol. The SMILES string of the molecule is N#Cc1ccnc(-c2cccc(OC(F)(F)F)c2)c1N. The molecule has 0 aliphatic rings. The Morgan fingerprint density at radius 2 is 2.00 bits per heavy atom. The molecule has 0 aliphatic heterocycles. The molecule has 0 atom stereocenters. The Bertz CT molecular complexity index is 677. The number of nitrogens with two attached hydrogens (primary N) is 1. The first-order chi connectivity index (χ1) is 9.40. The van der Waals surface area contributed by atoms with Gasteiger partial charge in [0.1, 0.15) is 11.8 Å². The Morgan fingerprint density at radius 3 is 2.65 bits per heavy atom. The maximum absolute atomic E-state index is 12.2. The van der Waals surface area contributed by atoms with Crippen LogP contribution >= 0.6 is 0 Å². The molecule has 0 aliphatic carbocycles. The minimum atomic E-state index is -4.77. The van der Waals surface area contributed by atoms with Gasteiger partial charge in [0.05, 0.1) is 16.9 Å². The number of anilines is 1. The molecular formula is C13H8F3N3O. The highest BCUT2D eigenvalue weighted by Gasteiger charge is 2.31. The van der Waals surface area contributed by atoms with E-state index in [0.29, 0.717) is 5.56 Å². The summed E-state index contributed by atoms with van der Waals surface area (Å²) in [5.41, 5.74) is 6.64. The summed E-state index contributed by atoms with van der Waals surface area (Å²) in [6.07, 6.45) is -3.41. The molecule has 20 heavy (non-hydrogen) atoms. The summed E-state index contributed by atoms with van der Waals surface area (Å²) in [4.78, 5) is 3.98. The van der Waals surface area contributed by atoms with Crippen LogP contribution in [0.5, 0.6) is 5.75 Å². The average molecular weight is 279 g/mol. The van der Waals surface area contributed by atoms with E-state index in [-0.39, 0.29) is 22.7 Å². The van der Waals surface area contributed by atoms with E-state index >= 15 is 0 Å². The van der Waals surface area contributed by atoms with Crippen LogP contribution in [0.2, 0.25) is 0 Å². The van der Waals surface area contributed by atoms with Crippen molar-refractivity contribution < 1.29 is 17.9 Å². The molecule has 2 aromatic rings. The van der Waals surface area contributed by atoms with Crippen molar-refractivity contribution in [2.24, 2.45) is 0 Å². The van der Waals surface area contributed by atoms with Gasteiger partial charge in [0, 0.05) is 11.8 Å². The first kappa shape index (κ1) is 13.7. The molecule has 1 aromatic heterocycles. The molecule has 7 heteroatoms. The maximum atomic E-state index is 12.2. The first-order valence-electron chi connectivity index (χ1n) is 5.41. The van der Waals surface area contributed by atoms with Crippen LogP contribution in [-0.2, 0) is 0 Å². The van der Waals surface area contributed by atoms with Crippen LogP contribution in [0.3, 0.4) is 0 Å². The van der Waals surface area contributed by atoms with Gasteiger partial charge in [-0.3, -0.25) is 4.98 Å². The summed E-state index contributed by atoms with van der Waals surface area (Å²) in [6.45, 7) is 0. The Kier molecular flexibility index (Phi) is 3.48. The second-order valence-corrected chi connectivity index (χ2v) is 3.81. The molecule has 0 spiro atoms. The fourth-order valence-electron chi connectivity index (χ4n) is 1.64. The van der Waals surface area contributed by atoms with E-state index in [9.17, 15) is 13.2 Å². The van der Waals surface area contributed by atoms with E-state index < -0.39 is 6.36 Å². The number of aromatic nitrogens is 1. The summed E-state index contributed by atoms with van der Waals surface area (Å²) in [6, 6.07) is 8.55. The quantitative estimate of drug-likeness (QED) is 0.916. The molecule has 0 radical (unpaired) electrons.